The van der Waals surface area contributed by atoms with E-state index in [4.69, 9.17) is 0 Å². The van der Waals surface area contributed by atoms with Gasteiger partial charge >= 0.3 is 0 Å². The third-order valence-electron chi connectivity index (χ3n) is 3.16. The zero-order valence-corrected chi connectivity index (χ0v) is 10.7. The van der Waals surface area contributed by atoms with Gasteiger partial charge in [0.15, 0.2) is 0 Å². The smallest absolute Gasteiger partial charge is 0.0130 e. The molecule has 0 heterocycles. The van der Waals surface area contributed by atoms with E-state index >= 15 is 0 Å². The van der Waals surface area contributed by atoms with Gasteiger partial charge in [-0.15, -0.1) is 0 Å². The van der Waals surface area contributed by atoms with Crippen molar-refractivity contribution < 1.29 is 0 Å². The van der Waals surface area contributed by atoms with Crippen LogP contribution in [0.25, 0.3) is 0 Å². The first-order valence-corrected chi connectivity index (χ1v) is 6.67. The maximum absolute atomic E-state index is 2.37. The lowest BCUT2D eigenvalue weighted by molar-refractivity contribution is 0.356. The maximum atomic E-state index is 2.37. The Kier molecular flexibility index (Phi) is 3.85. The summed E-state index contributed by atoms with van der Waals surface area (Å²) in [7, 11) is 0. The lowest BCUT2D eigenvalue weighted by Gasteiger charge is -2.21. The fraction of sp³-hybridized carbons (Fsp3) is 0.538. The molecule has 2 rings (SSSR count). The first kappa shape index (κ1) is 10.5. The summed E-state index contributed by atoms with van der Waals surface area (Å²) in [6, 6.07) is 9.02. The number of hydrogen-bond acceptors (Lipinski definition) is 0. The molecule has 0 radical (unpaired) electrons. The van der Waals surface area contributed by atoms with Gasteiger partial charge in [-0.3, -0.25) is 0 Å². The van der Waals surface area contributed by atoms with Gasteiger partial charge in [0.05, 0.1) is 0 Å². The Morgan fingerprint density at radius 2 is 1.64 bits per heavy atom. The van der Waals surface area contributed by atoms with Gasteiger partial charge < -0.3 is 0 Å². The lowest BCUT2D eigenvalue weighted by atomic mass is 9.85. The van der Waals surface area contributed by atoms with Crippen LogP contribution in [0, 0.1) is 9.49 Å². The van der Waals surface area contributed by atoms with Crippen LogP contribution in [0.3, 0.4) is 0 Å². The molecular weight excluding hydrogens is 283 g/mol. The third kappa shape index (κ3) is 2.97. The van der Waals surface area contributed by atoms with Crippen LogP contribution in [-0.2, 0) is 6.42 Å². The van der Waals surface area contributed by atoms with Gasteiger partial charge in [-0.25, -0.2) is 0 Å². The Bertz CT molecular complexity index is 270. The van der Waals surface area contributed by atoms with Crippen LogP contribution in [0.4, 0.5) is 0 Å². The van der Waals surface area contributed by atoms with E-state index in [2.05, 4.69) is 46.9 Å². The van der Waals surface area contributed by atoms with Crippen LogP contribution in [0.15, 0.2) is 24.3 Å². The highest BCUT2D eigenvalue weighted by molar-refractivity contribution is 14.1. The zero-order valence-electron chi connectivity index (χ0n) is 8.51. The Hall–Kier alpha value is -0.0500. The summed E-state index contributed by atoms with van der Waals surface area (Å²) in [5.74, 6) is 0.962. The van der Waals surface area contributed by atoms with E-state index in [1.807, 2.05) is 0 Å². The van der Waals surface area contributed by atoms with Crippen molar-refractivity contribution in [1.82, 2.24) is 0 Å². The molecule has 76 valence electrons. The van der Waals surface area contributed by atoms with Crippen molar-refractivity contribution in [3.8, 4) is 0 Å². The Labute approximate surface area is 100 Å². The van der Waals surface area contributed by atoms with E-state index in [-0.39, 0.29) is 0 Å². The Morgan fingerprint density at radius 3 is 2.29 bits per heavy atom. The van der Waals surface area contributed by atoms with Crippen molar-refractivity contribution in [1.29, 1.82) is 0 Å². The van der Waals surface area contributed by atoms with Gasteiger partial charge in [0, 0.05) is 3.57 Å². The molecule has 1 aromatic carbocycles. The van der Waals surface area contributed by atoms with E-state index in [9.17, 15) is 0 Å². The quantitative estimate of drug-likeness (QED) is 0.710. The second-order valence-electron chi connectivity index (χ2n) is 4.33. The third-order valence-corrected chi connectivity index (χ3v) is 3.88. The highest BCUT2D eigenvalue weighted by Gasteiger charge is 2.13. The maximum Gasteiger partial charge on any atom is 0.0130 e. The number of hydrogen-bond donors (Lipinski definition) is 0. The van der Waals surface area contributed by atoms with Crippen molar-refractivity contribution in [2.45, 2.75) is 38.5 Å². The molecule has 0 aliphatic heterocycles. The minimum atomic E-state index is 0.962. The molecule has 0 bridgehead atoms. The van der Waals surface area contributed by atoms with Crippen molar-refractivity contribution in [3.63, 3.8) is 0 Å². The molecule has 0 amide bonds. The molecule has 1 saturated carbocycles. The molecule has 0 nitrogen and oxygen atoms in total. The molecule has 0 N–H and O–H groups in total. The van der Waals surface area contributed by atoms with E-state index < -0.39 is 0 Å². The predicted octanol–water partition coefficient (Wildman–Crippen LogP) is 4.41. The topological polar surface area (TPSA) is 0 Å². The Balaban J connectivity index is 1.92. The van der Waals surface area contributed by atoms with Crippen LogP contribution in [0.1, 0.15) is 37.7 Å². The molecule has 1 aliphatic carbocycles. The van der Waals surface area contributed by atoms with Gasteiger partial charge in [0.1, 0.15) is 0 Å². The standard InChI is InChI=1S/C13H17I/c14-13-8-6-12(7-9-13)10-11-4-2-1-3-5-11/h6-9,11H,1-5,10H2. The highest BCUT2D eigenvalue weighted by atomic mass is 127. The molecule has 0 atom stereocenters. The fourth-order valence-electron chi connectivity index (χ4n) is 2.35. The van der Waals surface area contributed by atoms with Crippen LogP contribution < -0.4 is 0 Å². The van der Waals surface area contributed by atoms with Crippen LogP contribution in [0.2, 0.25) is 0 Å². The fourth-order valence-corrected chi connectivity index (χ4v) is 2.70. The normalized spacial score (nSPS) is 18.4. The van der Waals surface area contributed by atoms with Crippen LogP contribution in [0.5, 0.6) is 0 Å². The highest BCUT2D eigenvalue weighted by Crippen LogP contribution is 2.26. The number of benzene rings is 1. The van der Waals surface area contributed by atoms with Crippen molar-refractivity contribution in [2.75, 3.05) is 0 Å². The second kappa shape index (κ2) is 5.15. The molecular formula is C13H17I. The minimum absolute atomic E-state index is 0.962. The number of rotatable bonds is 2. The van der Waals surface area contributed by atoms with E-state index in [0.29, 0.717) is 0 Å². The molecule has 0 saturated heterocycles. The largest absolute Gasteiger partial charge is 0.0580 e. The monoisotopic (exact) mass is 300 g/mol. The molecule has 1 heteroatoms. The SMILES string of the molecule is Ic1ccc(CC2CCCCC2)cc1. The van der Waals surface area contributed by atoms with Crippen LogP contribution >= 0.6 is 22.6 Å². The zero-order chi connectivity index (χ0) is 9.80. The molecule has 0 unspecified atom stereocenters. The van der Waals surface area contributed by atoms with Crippen LogP contribution in [-0.4, -0.2) is 0 Å². The summed E-state index contributed by atoms with van der Waals surface area (Å²) >= 11 is 2.37. The first-order chi connectivity index (χ1) is 6.84. The molecule has 0 aromatic heterocycles. The molecule has 14 heavy (non-hydrogen) atoms. The predicted molar refractivity (Wildman–Crippen MR) is 69.4 cm³/mol. The van der Waals surface area contributed by atoms with E-state index in [0.717, 1.165) is 5.92 Å². The van der Waals surface area contributed by atoms with Crippen molar-refractivity contribution in [2.24, 2.45) is 5.92 Å². The van der Waals surface area contributed by atoms with Gasteiger partial charge in [0.25, 0.3) is 0 Å². The molecule has 1 aliphatic rings. The lowest BCUT2D eigenvalue weighted by Crippen LogP contribution is -2.09. The first-order valence-electron chi connectivity index (χ1n) is 5.59. The van der Waals surface area contributed by atoms with Gasteiger partial charge in [-0.2, -0.15) is 0 Å². The van der Waals surface area contributed by atoms with Gasteiger partial charge in [-0.05, 0) is 52.6 Å². The summed E-state index contributed by atoms with van der Waals surface area (Å²) in [6.45, 7) is 0. The average molecular weight is 300 g/mol. The second-order valence-corrected chi connectivity index (χ2v) is 5.58. The summed E-state index contributed by atoms with van der Waals surface area (Å²) in [4.78, 5) is 0. The summed E-state index contributed by atoms with van der Waals surface area (Å²) in [6.07, 6.45) is 8.57. The van der Waals surface area contributed by atoms with E-state index in [1.165, 1.54) is 47.7 Å². The minimum Gasteiger partial charge on any atom is -0.0580 e. The summed E-state index contributed by atoms with van der Waals surface area (Å²) in [5.41, 5.74) is 1.53. The number of halogens is 1. The van der Waals surface area contributed by atoms with E-state index in [1.54, 1.807) is 0 Å². The summed E-state index contributed by atoms with van der Waals surface area (Å²) in [5, 5.41) is 0. The van der Waals surface area contributed by atoms with Gasteiger partial charge in [0.2, 0.25) is 0 Å². The van der Waals surface area contributed by atoms with Gasteiger partial charge in [-0.1, -0.05) is 44.2 Å². The summed E-state index contributed by atoms with van der Waals surface area (Å²) < 4.78 is 1.34. The molecule has 0 spiro atoms. The molecule has 1 fully saturated rings. The average Bonchev–Trinajstić information content (AvgIpc) is 2.23. The molecule has 1 aromatic rings. The Morgan fingerprint density at radius 1 is 1.00 bits per heavy atom. The van der Waals surface area contributed by atoms with Crippen molar-refractivity contribution in [3.05, 3.63) is 33.4 Å². The van der Waals surface area contributed by atoms with Crippen molar-refractivity contribution >= 4 is 22.6 Å².